The summed E-state index contributed by atoms with van der Waals surface area (Å²) in [6.45, 7) is 3.06. The van der Waals surface area contributed by atoms with Gasteiger partial charge in [-0.05, 0) is 0 Å². The molecule has 26 valence electrons. The number of allylic oxidation sites excluding steroid dienone is 1. The second-order valence-electron chi connectivity index (χ2n) is 0.680. The Morgan fingerprint density at radius 3 is 2.20 bits per heavy atom. The molecule has 2 heteroatoms. The summed E-state index contributed by atoms with van der Waals surface area (Å²) < 4.78 is 11.1. The number of alkyl halides is 1. The van der Waals surface area contributed by atoms with Crippen LogP contribution in [0.2, 0.25) is 0 Å². The zero-order chi connectivity index (χ0) is 4.28. The Morgan fingerprint density at radius 2 is 2.20 bits per heavy atom. The Kier molecular flexibility index (Phi) is 1.90. The summed E-state index contributed by atoms with van der Waals surface area (Å²) in [5.74, 6) is 0. The molecule has 0 spiro atoms. The van der Waals surface area contributed by atoms with Crippen LogP contribution in [0.3, 0.4) is 0 Å². The van der Waals surface area contributed by atoms with Crippen molar-refractivity contribution in [3.63, 3.8) is 0 Å². The van der Waals surface area contributed by atoms with Crippen molar-refractivity contribution in [2.75, 3.05) is 0 Å². The predicted molar refractivity (Wildman–Crippen MR) is 20.8 cm³/mol. The standard InChI is InChI=1S/C3H4BF/c1-2-3(4)5/h2-3H,1H2. The fraction of sp³-hybridized carbons (Fsp3) is 0.333. The van der Waals surface area contributed by atoms with Crippen LogP contribution in [0.25, 0.3) is 0 Å². The molecule has 0 nitrogen and oxygen atoms in total. The molecular weight excluding hydrogens is 65.8 g/mol. The monoisotopic (exact) mass is 70.0 g/mol. The minimum atomic E-state index is -1.35. The van der Waals surface area contributed by atoms with Crippen molar-refractivity contribution in [3.05, 3.63) is 12.7 Å². The third-order valence-electron chi connectivity index (χ3n) is 0.225. The molecule has 0 aliphatic heterocycles. The van der Waals surface area contributed by atoms with Gasteiger partial charge >= 0.3 is 0 Å². The molecule has 0 fully saturated rings. The van der Waals surface area contributed by atoms with E-state index >= 15 is 0 Å². The first-order valence-corrected chi connectivity index (χ1v) is 1.29. The van der Waals surface area contributed by atoms with E-state index in [9.17, 15) is 4.39 Å². The molecular formula is C3H4BF. The van der Waals surface area contributed by atoms with Crippen LogP contribution in [-0.2, 0) is 0 Å². The van der Waals surface area contributed by atoms with Gasteiger partial charge < -0.3 is 0 Å². The van der Waals surface area contributed by atoms with Gasteiger partial charge in [-0.3, -0.25) is 4.39 Å². The molecule has 0 saturated heterocycles. The highest BCUT2D eigenvalue weighted by Crippen LogP contribution is 1.77. The van der Waals surface area contributed by atoms with Gasteiger partial charge in [0.05, 0.1) is 6.07 Å². The zero-order valence-corrected chi connectivity index (χ0v) is 2.82. The van der Waals surface area contributed by atoms with Gasteiger partial charge in [0.25, 0.3) is 0 Å². The Bertz CT molecular complexity index is 33.9. The Labute approximate surface area is 32.1 Å². The van der Waals surface area contributed by atoms with Crippen molar-refractivity contribution >= 4 is 7.85 Å². The maximum atomic E-state index is 11.1. The first-order valence-electron chi connectivity index (χ1n) is 1.29. The largest absolute Gasteiger partial charge is 0.254 e. The molecule has 0 aliphatic carbocycles. The average Bonchev–Trinajstić information content (AvgIpc) is 1.38. The van der Waals surface area contributed by atoms with Crippen LogP contribution in [0.1, 0.15) is 0 Å². The summed E-state index contributed by atoms with van der Waals surface area (Å²) in [6, 6.07) is 0. The SMILES string of the molecule is [B]C(F)C=C. The summed E-state index contributed by atoms with van der Waals surface area (Å²) >= 11 is 0. The third kappa shape index (κ3) is 3.73. The van der Waals surface area contributed by atoms with Gasteiger partial charge in [0.1, 0.15) is 7.85 Å². The van der Waals surface area contributed by atoms with E-state index in [1.54, 1.807) is 0 Å². The number of hydrogen-bond acceptors (Lipinski definition) is 0. The van der Waals surface area contributed by atoms with Crippen molar-refractivity contribution in [1.82, 2.24) is 0 Å². The summed E-state index contributed by atoms with van der Waals surface area (Å²) in [6.07, 6.45) is -0.324. The second kappa shape index (κ2) is 2.00. The molecule has 5 heavy (non-hydrogen) atoms. The maximum Gasteiger partial charge on any atom is 0.122 e. The van der Waals surface area contributed by atoms with Crippen molar-refractivity contribution in [2.24, 2.45) is 0 Å². The highest BCUT2D eigenvalue weighted by molar-refractivity contribution is 6.12. The summed E-state index contributed by atoms with van der Waals surface area (Å²) in [7, 11) is 4.51. The molecule has 0 aromatic heterocycles. The first kappa shape index (κ1) is 4.73. The summed E-state index contributed by atoms with van der Waals surface area (Å²) in [5, 5.41) is 0. The molecule has 0 bridgehead atoms. The first-order chi connectivity index (χ1) is 2.27. The third-order valence-corrected chi connectivity index (χ3v) is 0.225. The lowest BCUT2D eigenvalue weighted by Gasteiger charge is -1.79. The van der Waals surface area contributed by atoms with Crippen molar-refractivity contribution in [3.8, 4) is 0 Å². The Balaban J connectivity index is 2.83. The van der Waals surface area contributed by atoms with Crippen LogP contribution in [0.5, 0.6) is 0 Å². The van der Waals surface area contributed by atoms with E-state index in [4.69, 9.17) is 0 Å². The highest BCUT2D eigenvalue weighted by atomic mass is 19.1. The van der Waals surface area contributed by atoms with E-state index in [0.717, 1.165) is 6.08 Å². The minimum absolute atomic E-state index is 1.03. The van der Waals surface area contributed by atoms with E-state index < -0.39 is 6.07 Å². The normalized spacial score (nSPS) is 13.8. The van der Waals surface area contributed by atoms with Gasteiger partial charge in [0, 0.05) is 0 Å². The van der Waals surface area contributed by atoms with E-state index in [2.05, 4.69) is 14.4 Å². The lowest BCUT2D eigenvalue weighted by atomic mass is 10.0. The zero-order valence-electron chi connectivity index (χ0n) is 2.82. The van der Waals surface area contributed by atoms with E-state index in [1.165, 1.54) is 0 Å². The molecule has 1 unspecified atom stereocenters. The van der Waals surface area contributed by atoms with E-state index in [1.807, 2.05) is 0 Å². The van der Waals surface area contributed by atoms with Crippen molar-refractivity contribution in [1.29, 1.82) is 0 Å². The van der Waals surface area contributed by atoms with Crippen LogP contribution in [-0.4, -0.2) is 13.9 Å². The van der Waals surface area contributed by atoms with E-state index in [-0.39, 0.29) is 0 Å². The van der Waals surface area contributed by atoms with Crippen molar-refractivity contribution < 1.29 is 4.39 Å². The van der Waals surface area contributed by atoms with E-state index in [0.29, 0.717) is 0 Å². The lowest BCUT2D eigenvalue weighted by Crippen LogP contribution is -1.87. The lowest BCUT2D eigenvalue weighted by molar-refractivity contribution is 0.512. The fourth-order valence-corrected chi connectivity index (χ4v) is 0. The van der Waals surface area contributed by atoms with Gasteiger partial charge in [0.15, 0.2) is 0 Å². The van der Waals surface area contributed by atoms with Gasteiger partial charge in [-0.2, -0.15) is 0 Å². The van der Waals surface area contributed by atoms with Gasteiger partial charge in [0.2, 0.25) is 0 Å². The quantitative estimate of drug-likeness (QED) is 0.313. The Morgan fingerprint density at radius 1 is 2.00 bits per heavy atom. The molecule has 0 rings (SSSR count). The summed E-state index contributed by atoms with van der Waals surface area (Å²) in [5.41, 5.74) is 0. The molecule has 0 aromatic rings. The molecule has 0 aromatic carbocycles. The van der Waals surface area contributed by atoms with Crippen LogP contribution < -0.4 is 0 Å². The molecule has 2 radical (unpaired) electrons. The van der Waals surface area contributed by atoms with Gasteiger partial charge in [-0.15, -0.1) is 6.58 Å². The fourth-order valence-electron chi connectivity index (χ4n) is 0. The second-order valence-corrected chi connectivity index (χ2v) is 0.680. The molecule has 0 saturated carbocycles. The smallest absolute Gasteiger partial charge is 0.122 e. The molecule has 0 aliphatic rings. The van der Waals surface area contributed by atoms with Crippen LogP contribution in [0.15, 0.2) is 12.7 Å². The van der Waals surface area contributed by atoms with Crippen molar-refractivity contribution in [2.45, 2.75) is 6.07 Å². The average molecular weight is 69.9 g/mol. The molecule has 0 amide bonds. The highest BCUT2D eigenvalue weighted by Gasteiger charge is 1.79. The van der Waals surface area contributed by atoms with Gasteiger partial charge in [-0.1, -0.05) is 6.08 Å². The number of hydrogen-bond donors (Lipinski definition) is 0. The summed E-state index contributed by atoms with van der Waals surface area (Å²) in [4.78, 5) is 0. The van der Waals surface area contributed by atoms with Crippen LogP contribution in [0, 0.1) is 0 Å². The maximum absolute atomic E-state index is 11.1. The predicted octanol–water partition coefficient (Wildman–Crippen LogP) is 0.636. The molecule has 0 heterocycles. The number of halogens is 1. The van der Waals surface area contributed by atoms with Crippen LogP contribution >= 0.6 is 0 Å². The number of rotatable bonds is 1. The Hall–Kier alpha value is -0.265. The van der Waals surface area contributed by atoms with Gasteiger partial charge in [-0.25, -0.2) is 0 Å². The van der Waals surface area contributed by atoms with Crippen LogP contribution in [0.4, 0.5) is 4.39 Å². The minimum Gasteiger partial charge on any atom is -0.254 e. The topological polar surface area (TPSA) is 0 Å². The molecule has 0 N–H and O–H groups in total. The molecule has 1 atom stereocenters.